The highest BCUT2D eigenvalue weighted by atomic mass is 35.5. The van der Waals surface area contributed by atoms with Crippen molar-refractivity contribution in [3.63, 3.8) is 0 Å². The van der Waals surface area contributed by atoms with Crippen LogP contribution in [0.4, 0.5) is 5.69 Å². The first kappa shape index (κ1) is 17.8. The van der Waals surface area contributed by atoms with E-state index in [1.165, 1.54) is 0 Å². The zero-order chi connectivity index (χ0) is 18.5. The molecule has 0 radical (unpaired) electrons. The van der Waals surface area contributed by atoms with Crippen molar-refractivity contribution in [3.8, 4) is 17.6 Å². The number of carbonyl (C=O) groups is 1. The van der Waals surface area contributed by atoms with Crippen molar-refractivity contribution >= 4 is 34.8 Å². The highest BCUT2D eigenvalue weighted by molar-refractivity contribution is 6.36. The molecule has 0 fully saturated rings. The van der Waals surface area contributed by atoms with Crippen LogP contribution in [0, 0.1) is 11.3 Å². The molecule has 1 aliphatic heterocycles. The van der Waals surface area contributed by atoms with Gasteiger partial charge in [0.1, 0.15) is 0 Å². The van der Waals surface area contributed by atoms with Crippen molar-refractivity contribution in [3.05, 3.63) is 52.5 Å². The number of anilines is 1. The van der Waals surface area contributed by atoms with E-state index in [-0.39, 0.29) is 5.91 Å². The molecule has 2 aromatic carbocycles. The molecule has 5 nitrogen and oxygen atoms in total. The third kappa shape index (κ3) is 3.81. The van der Waals surface area contributed by atoms with Gasteiger partial charge in [0.25, 0.3) is 5.91 Å². The van der Waals surface area contributed by atoms with E-state index in [1.807, 2.05) is 12.1 Å². The van der Waals surface area contributed by atoms with Gasteiger partial charge in [0.15, 0.2) is 11.5 Å². The van der Waals surface area contributed by atoms with Crippen LogP contribution in [0.25, 0.3) is 11.6 Å². The molecule has 26 heavy (non-hydrogen) atoms. The normalized spacial score (nSPS) is 13.9. The Bertz CT molecular complexity index is 916. The molecule has 0 aliphatic carbocycles. The third-order valence-corrected chi connectivity index (χ3v) is 4.19. The number of nitrogens with one attached hydrogen (secondary N) is 1. The molecule has 6 heteroatoms. The van der Waals surface area contributed by atoms with Gasteiger partial charge in [-0.25, -0.2) is 0 Å². The fraction of sp³-hybridized carbons (Fsp3) is 0.200. The summed E-state index contributed by atoms with van der Waals surface area (Å²) in [6, 6.07) is 12.8. The van der Waals surface area contributed by atoms with Gasteiger partial charge in [-0.05, 0) is 48.4 Å². The van der Waals surface area contributed by atoms with Crippen molar-refractivity contribution in [2.45, 2.75) is 12.8 Å². The van der Waals surface area contributed by atoms with Crippen LogP contribution in [0.1, 0.15) is 24.0 Å². The van der Waals surface area contributed by atoms with Crippen LogP contribution in [0.3, 0.4) is 0 Å². The molecule has 0 spiro atoms. The molecule has 1 N–H and O–H groups in total. The Hall–Kier alpha value is -2.97. The number of nitrogens with zero attached hydrogens (tertiary/aromatic N) is 1. The lowest BCUT2D eigenvalue weighted by atomic mass is 10.0. The Labute approximate surface area is 156 Å². The highest BCUT2D eigenvalue weighted by Gasteiger charge is 2.24. The predicted octanol–water partition coefficient (Wildman–Crippen LogP) is 4.52. The van der Waals surface area contributed by atoms with E-state index < -0.39 is 0 Å². The van der Waals surface area contributed by atoms with Gasteiger partial charge in [-0.1, -0.05) is 17.7 Å². The summed E-state index contributed by atoms with van der Waals surface area (Å²) < 4.78 is 11.0. The van der Waals surface area contributed by atoms with Gasteiger partial charge in [0.2, 0.25) is 0 Å². The number of methoxy groups -OCH3 is 1. The zero-order valence-corrected chi connectivity index (χ0v) is 15.0. The minimum Gasteiger partial charge on any atom is -0.493 e. The van der Waals surface area contributed by atoms with Gasteiger partial charge < -0.3 is 14.8 Å². The number of amides is 1. The quantitative estimate of drug-likeness (QED) is 0.601. The van der Waals surface area contributed by atoms with Crippen LogP contribution in [0.15, 0.2) is 36.4 Å². The number of rotatable bonds is 6. The van der Waals surface area contributed by atoms with Gasteiger partial charge in [-0.15, -0.1) is 0 Å². The largest absolute Gasteiger partial charge is 0.493 e. The number of unbranched alkanes of at least 4 members (excludes halogenated alkanes) is 1. The van der Waals surface area contributed by atoms with Gasteiger partial charge in [-0.2, -0.15) is 5.26 Å². The molecule has 132 valence electrons. The lowest BCUT2D eigenvalue weighted by Crippen LogP contribution is -2.03. The number of ether oxygens (including phenoxy) is 2. The average molecular weight is 369 g/mol. The summed E-state index contributed by atoms with van der Waals surface area (Å²) in [5, 5.41) is 12.0. The van der Waals surface area contributed by atoms with Crippen molar-refractivity contribution in [2.24, 2.45) is 0 Å². The van der Waals surface area contributed by atoms with E-state index in [1.54, 1.807) is 37.5 Å². The molecule has 0 atom stereocenters. The molecular weight excluding hydrogens is 352 g/mol. The summed E-state index contributed by atoms with van der Waals surface area (Å²) in [4.78, 5) is 12.3. The number of nitriles is 1. The maximum Gasteiger partial charge on any atom is 0.256 e. The molecule has 0 aromatic heterocycles. The first-order valence-electron chi connectivity index (χ1n) is 8.13. The standard InChI is InChI=1S/C20H17ClN2O3/c1-25-19-11-13(4-7-18(19)26-9-3-2-8-22)10-16-15-12-14(21)5-6-17(15)23-20(16)24/h4-7,10-12H,2-3,9H2,1H3,(H,23,24)/b16-10-. The summed E-state index contributed by atoms with van der Waals surface area (Å²) in [6.07, 6.45) is 2.90. The summed E-state index contributed by atoms with van der Waals surface area (Å²) in [7, 11) is 1.56. The van der Waals surface area contributed by atoms with E-state index in [0.717, 1.165) is 16.8 Å². The molecule has 0 bridgehead atoms. The smallest absolute Gasteiger partial charge is 0.256 e. The predicted molar refractivity (Wildman–Crippen MR) is 101 cm³/mol. The lowest BCUT2D eigenvalue weighted by molar-refractivity contribution is -0.110. The van der Waals surface area contributed by atoms with Crippen molar-refractivity contribution in [1.29, 1.82) is 5.26 Å². The monoisotopic (exact) mass is 368 g/mol. The van der Waals surface area contributed by atoms with E-state index in [9.17, 15) is 4.79 Å². The van der Waals surface area contributed by atoms with Gasteiger partial charge in [-0.3, -0.25) is 4.79 Å². The molecule has 3 rings (SSSR count). The Balaban J connectivity index is 1.87. The first-order valence-corrected chi connectivity index (χ1v) is 8.51. The second kappa shape index (κ2) is 7.94. The number of fused-ring (bicyclic) bond motifs is 1. The molecule has 1 aliphatic rings. The summed E-state index contributed by atoms with van der Waals surface area (Å²) in [5.74, 6) is 1.01. The Morgan fingerprint density at radius 1 is 1.23 bits per heavy atom. The number of carbonyl (C=O) groups excluding carboxylic acids is 1. The molecule has 0 unspecified atom stereocenters. The van der Waals surface area contributed by atoms with Crippen molar-refractivity contribution in [2.75, 3.05) is 19.0 Å². The van der Waals surface area contributed by atoms with Gasteiger partial charge in [0, 0.05) is 28.3 Å². The maximum atomic E-state index is 12.3. The molecule has 1 heterocycles. The minimum absolute atomic E-state index is 0.168. The van der Waals surface area contributed by atoms with E-state index >= 15 is 0 Å². The summed E-state index contributed by atoms with van der Waals surface area (Å²) in [5.41, 5.74) is 2.88. The minimum atomic E-state index is -0.168. The number of hydrogen-bond acceptors (Lipinski definition) is 4. The Kier molecular flexibility index (Phi) is 5.45. The second-order valence-corrected chi connectivity index (χ2v) is 6.16. The number of halogens is 1. The van der Waals surface area contributed by atoms with Crippen LogP contribution >= 0.6 is 11.6 Å². The van der Waals surface area contributed by atoms with Crippen LogP contribution in [0.2, 0.25) is 5.02 Å². The van der Waals surface area contributed by atoms with E-state index in [2.05, 4.69) is 11.4 Å². The SMILES string of the molecule is COc1cc(/C=C2\C(=O)Nc3ccc(Cl)cc32)ccc1OCCCC#N. The van der Waals surface area contributed by atoms with Gasteiger partial charge >= 0.3 is 0 Å². The number of benzene rings is 2. The Morgan fingerprint density at radius 3 is 2.85 bits per heavy atom. The molecule has 2 aromatic rings. The maximum absolute atomic E-state index is 12.3. The lowest BCUT2D eigenvalue weighted by Gasteiger charge is -2.11. The molecule has 1 amide bonds. The molecular formula is C20H17ClN2O3. The highest BCUT2D eigenvalue weighted by Crippen LogP contribution is 2.36. The molecule has 0 saturated carbocycles. The molecule has 0 saturated heterocycles. The second-order valence-electron chi connectivity index (χ2n) is 5.72. The number of hydrogen-bond donors (Lipinski definition) is 1. The first-order chi connectivity index (χ1) is 12.6. The fourth-order valence-electron chi connectivity index (χ4n) is 2.70. The van der Waals surface area contributed by atoms with Crippen LogP contribution < -0.4 is 14.8 Å². The topological polar surface area (TPSA) is 71.3 Å². The van der Waals surface area contributed by atoms with E-state index in [4.69, 9.17) is 26.3 Å². The van der Waals surface area contributed by atoms with Crippen molar-refractivity contribution in [1.82, 2.24) is 0 Å². The van der Waals surface area contributed by atoms with Gasteiger partial charge in [0.05, 0.1) is 19.8 Å². The Morgan fingerprint density at radius 2 is 2.08 bits per heavy atom. The van der Waals surface area contributed by atoms with E-state index in [0.29, 0.717) is 41.5 Å². The fourth-order valence-corrected chi connectivity index (χ4v) is 2.87. The summed E-state index contributed by atoms with van der Waals surface area (Å²) in [6.45, 7) is 0.443. The van der Waals surface area contributed by atoms with Crippen LogP contribution in [-0.4, -0.2) is 19.6 Å². The van der Waals surface area contributed by atoms with Crippen LogP contribution in [0.5, 0.6) is 11.5 Å². The van der Waals surface area contributed by atoms with Crippen LogP contribution in [-0.2, 0) is 4.79 Å². The summed E-state index contributed by atoms with van der Waals surface area (Å²) >= 11 is 6.06. The third-order valence-electron chi connectivity index (χ3n) is 3.95. The van der Waals surface area contributed by atoms with Crippen molar-refractivity contribution < 1.29 is 14.3 Å². The zero-order valence-electron chi connectivity index (χ0n) is 14.2. The average Bonchev–Trinajstić information content (AvgIpc) is 2.94.